The lowest BCUT2D eigenvalue weighted by Gasteiger charge is -2.11. The maximum absolute atomic E-state index is 11.3. The Morgan fingerprint density at radius 3 is 2.64 bits per heavy atom. The second-order valence-corrected chi connectivity index (χ2v) is 8.22. The summed E-state index contributed by atoms with van der Waals surface area (Å²) in [6.07, 6.45) is 5.03. The van der Waals surface area contributed by atoms with Gasteiger partial charge in [-0.05, 0) is 48.5 Å². The van der Waals surface area contributed by atoms with E-state index in [2.05, 4.69) is 36.1 Å². The lowest BCUT2D eigenvalue weighted by molar-refractivity contribution is -0.385. The molecule has 13 nitrogen and oxygen atoms in total. The van der Waals surface area contributed by atoms with Crippen molar-refractivity contribution in [1.82, 2.24) is 15.0 Å². The molecule has 0 amide bonds. The number of hydrogen-bond acceptors (Lipinski definition) is 12. The number of nitro groups is 1. The average molecular weight is 529 g/mol. The fraction of sp³-hybridized carbons (Fsp3) is 0.154. The number of nitrogens with one attached hydrogen (secondary N) is 3. The highest BCUT2D eigenvalue weighted by atomic mass is 16.6. The van der Waals surface area contributed by atoms with E-state index in [9.17, 15) is 10.1 Å². The smallest absolute Gasteiger partial charge is 0.280 e. The van der Waals surface area contributed by atoms with E-state index in [1.807, 2.05) is 30.3 Å². The Kier molecular flexibility index (Phi) is 7.58. The minimum Gasteiger partial charge on any atom is -0.497 e. The van der Waals surface area contributed by atoms with Crippen LogP contribution in [0.3, 0.4) is 0 Å². The summed E-state index contributed by atoms with van der Waals surface area (Å²) in [5.41, 5.74) is 3.96. The van der Waals surface area contributed by atoms with Crippen LogP contribution < -0.4 is 20.8 Å². The van der Waals surface area contributed by atoms with Crippen molar-refractivity contribution in [2.45, 2.75) is 19.1 Å². The molecule has 0 fully saturated rings. The fourth-order valence-electron chi connectivity index (χ4n) is 3.71. The molecule has 0 aliphatic carbocycles. The van der Waals surface area contributed by atoms with Gasteiger partial charge in [-0.2, -0.15) is 20.1 Å². The van der Waals surface area contributed by atoms with Gasteiger partial charge in [0.2, 0.25) is 17.8 Å². The first kappa shape index (κ1) is 25.2. The monoisotopic (exact) mass is 528 g/mol. The zero-order valence-corrected chi connectivity index (χ0v) is 20.8. The third-order valence-electron chi connectivity index (χ3n) is 5.57. The molecule has 1 aliphatic heterocycles. The van der Waals surface area contributed by atoms with Gasteiger partial charge in [-0.25, -0.2) is 5.43 Å². The van der Waals surface area contributed by atoms with Gasteiger partial charge in [0, 0.05) is 18.2 Å². The second kappa shape index (κ2) is 11.7. The van der Waals surface area contributed by atoms with E-state index < -0.39 is 11.0 Å². The third kappa shape index (κ3) is 6.46. The van der Waals surface area contributed by atoms with Gasteiger partial charge in [0.25, 0.3) is 5.69 Å². The van der Waals surface area contributed by atoms with Crippen molar-refractivity contribution in [2.24, 2.45) is 5.10 Å². The first-order valence-corrected chi connectivity index (χ1v) is 11.9. The van der Waals surface area contributed by atoms with Crippen LogP contribution in [0.4, 0.5) is 29.2 Å². The predicted octanol–water partition coefficient (Wildman–Crippen LogP) is 4.96. The number of rotatable bonds is 11. The van der Waals surface area contributed by atoms with Crippen LogP contribution in [-0.2, 0) is 11.3 Å². The van der Waals surface area contributed by atoms with Crippen LogP contribution in [0.1, 0.15) is 17.7 Å². The van der Waals surface area contributed by atoms with E-state index in [0.29, 0.717) is 36.0 Å². The van der Waals surface area contributed by atoms with Crippen LogP contribution in [0.15, 0.2) is 82.5 Å². The summed E-state index contributed by atoms with van der Waals surface area (Å²) < 4.78 is 16.4. The van der Waals surface area contributed by atoms with Gasteiger partial charge in [0.15, 0.2) is 0 Å². The summed E-state index contributed by atoms with van der Waals surface area (Å²) in [5.74, 6) is 2.65. The van der Waals surface area contributed by atoms with E-state index in [4.69, 9.17) is 13.9 Å². The molecule has 1 unspecified atom stereocenters. The maximum Gasteiger partial charge on any atom is 0.280 e. The molecule has 0 saturated carbocycles. The molecule has 198 valence electrons. The highest BCUT2D eigenvalue weighted by Crippen LogP contribution is 2.31. The zero-order chi connectivity index (χ0) is 27.0. The van der Waals surface area contributed by atoms with Crippen molar-refractivity contribution >= 4 is 41.2 Å². The molecule has 1 aliphatic rings. The Bertz CT molecular complexity index is 1490. The SMILES string of the molecule is COc1ccc(Nc2nc(NCc3ccco3)nc(N/N=C/C3CC=C(c4ccccc4[N+](=O)[O-])O3)n2)cc1. The predicted molar refractivity (Wildman–Crippen MR) is 145 cm³/mol. The van der Waals surface area contributed by atoms with Crippen molar-refractivity contribution in [2.75, 3.05) is 23.2 Å². The molecule has 5 rings (SSSR count). The van der Waals surface area contributed by atoms with Crippen LogP contribution in [0.25, 0.3) is 5.76 Å². The van der Waals surface area contributed by atoms with E-state index >= 15 is 0 Å². The van der Waals surface area contributed by atoms with E-state index in [0.717, 1.165) is 11.4 Å². The van der Waals surface area contributed by atoms with Crippen LogP contribution in [-0.4, -0.2) is 39.3 Å². The molecule has 0 bridgehead atoms. The number of nitrogens with zero attached hydrogens (tertiary/aromatic N) is 5. The molecule has 3 heterocycles. The van der Waals surface area contributed by atoms with Crippen LogP contribution in [0, 0.1) is 10.1 Å². The number of para-hydroxylation sites is 1. The number of aromatic nitrogens is 3. The Hall–Kier alpha value is -5.46. The number of nitro benzene ring substituents is 1. The Morgan fingerprint density at radius 1 is 1.08 bits per heavy atom. The minimum atomic E-state index is -0.432. The number of ether oxygens (including phenoxy) is 2. The summed E-state index contributed by atoms with van der Waals surface area (Å²) in [7, 11) is 1.60. The molecule has 4 aromatic rings. The Labute approximate surface area is 222 Å². The summed E-state index contributed by atoms with van der Waals surface area (Å²) >= 11 is 0. The fourth-order valence-corrected chi connectivity index (χ4v) is 3.71. The number of furan rings is 1. The first-order chi connectivity index (χ1) is 19.1. The molecule has 3 N–H and O–H groups in total. The number of hydrogen-bond donors (Lipinski definition) is 3. The molecule has 0 radical (unpaired) electrons. The molecule has 13 heteroatoms. The number of benzene rings is 2. The summed E-state index contributed by atoms with van der Waals surface area (Å²) in [6.45, 7) is 0.373. The second-order valence-electron chi connectivity index (χ2n) is 8.22. The Balaban J connectivity index is 1.27. The van der Waals surface area contributed by atoms with Gasteiger partial charge in [0.05, 0.1) is 36.6 Å². The highest BCUT2D eigenvalue weighted by molar-refractivity contribution is 5.74. The minimum absolute atomic E-state index is 0.0175. The van der Waals surface area contributed by atoms with Crippen molar-refractivity contribution in [1.29, 1.82) is 0 Å². The quantitative estimate of drug-likeness (QED) is 0.137. The Morgan fingerprint density at radius 2 is 1.87 bits per heavy atom. The van der Waals surface area contributed by atoms with E-state index in [-0.39, 0.29) is 17.6 Å². The molecule has 0 spiro atoms. The van der Waals surface area contributed by atoms with E-state index in [1.165, 1.54) is 6.07 Å². The molecule has 39 heavy (non-hydrogen) atoms. The van der Waals surface area contributed by atoms with Crippen LogP contribution >= 0.6 is 0 Å². The van der Waals surface area contributed by atoms with Gasteiger partial charge in [-0.1, -0.05) is 12.1 Å². The highest BCUT2D eigenvalue weighted by Gasteiger charge is 2.24. The van der Waals surface area contributed by atoms with Crippen LogP contribution in [0.2, 0.25) is 0 Å². The average Bonchev–Trinajstić information content (AvgIpc) is 3.65. The first-order valence-electron chi connectivity index (χ1n) is 11.9. The number of hydrazone groups is 1. The number of anilines is 4. The van der Waals surface area contributed by atoms with E-state index in [1.54, 1.807) is 49.9 Å². The van der Waals surface area contributed by atoms with Gasteiger partial charge in [-0.3, -0.25) is 10.1 Å². The normalized spacial score (nSPS) is 14.5. The van der Waals surface area contributed by atoms with Crippen LogP contribution in [0.5, 0.6) is 5.75 Å². The summed E-state index contributed by atoms with van der Waals surface area (Å²) in [5, 5.41) is 21.8. The lowest BCUT2D eigenvalue weighted by atomic mass is 10.1. The standard InChI is InChI=1S/C26H24N8O5/c1-37-18-10-8-17(9-11-18)29-25-30-24(27-15-19-5-4-14-38-19)31-26(32-25)33-28-16-20-12-13-23(39-20)21-6-2-3-7-22(21)34(35)36/h2-11,13-14,16,20H,12,15H2,1H3,(H3,27,29,30,31,32,33)/b28-16+. The lowest BCUT2D eigenvalue weighted by Crippen LogP contribution is -2.11. The van der Waals surface area contributed by atoms with Crippen molar-refractivity contribution < 1.29 is 18.8 Å². The van der Waals surface area contributed by atoms with Gasteiger partial charge in [-0.15, -0.1) is 0 Å². The molecular weight excluding hydrogens is 504 g/mol. The van der Waals surface area contributed by atoms with Gasteiger partial charge in [0.1, 0.15) is 23.4 Å². The molecule has 0 saturated heterocycles. The summed E-state index contributed by atoms with van der Waals surface area (Å²) in [4.78, 5) is 24.1. The number of methoxy groups -OCH3 is 1. The molecule has 2 aromatic heterocycles. The maximum atomic E-state index is 11.3. The molecule has 2 aromatic carbocycles. The largest absolute Gasteiger partial charge is 0.497 e. The van der Waals surface area contributed by atoms with Gasteiger partial charge >= 0.3 is 0 Å². The zero-order valence-electron chi connectivity index (χ0n) is 20.8. The van der Waals surface area contributed by atoms with Gasteiger partial charge < -0.3 is 24.5 Å². The van der Waals surface area contributed by atoms with Crippen molar-refractivity contribution in [3.05, 3.63) is 94.4 Å². The third-order valence-corrected chi connectivity index (χ3v) is 5.57. The topological polar surface area (TPSA) is 162 Å². The molecular formula is C26H24N8O5. The van der Waals surface area contributed by atoms with Crippen molar-refractivity contribution in [3.8, 4) is 5.75 Å². The molecule has 1 atom stereocenters. The van der Waals surface area contributed by atoms with Crippen molar-refractivity contribution in [3.63, 3.8) is 0 Å². The summed E-state index contributed by atoms with van der Waals surface area (Å²) in [6, 6.07) is 17.4.